The van der Waals surface area contributed by atoms with E-state index in [0.717, 1.165) is 38.5 Å². The topological polar surface area (TPSA) is 92.4 Å². The standard InChI is InChI=1S/C23H36N2O3/c1-22-8-7-15(26)11-14(22)3-4-16-17-5-6-18(20(28)13-25-10-9-24)23(17,2)12-19(27)21(16)22/h9-10,14,16-19,21,25,27H,3-8,11-13,24H2,1-2H3/b10-9-. The Morgan fingerprint density at radius 1 is 1.25 bits per heavy atom. The molecular weight excluding hydrogens is 352 g/mol. The molecule has 0 amide bonds. The third-order valence-electron chi connectivity index (χ3n) is 9.29. The van der Waals surface area contributed by atoms with Gasteiger partial charge in [-0.3, -0.25) is 9.59 Å². The Morgan fingerprint density at radius 3 is 2.79 bits per heavy atom. The average molecular weight is 389 g/mol. The third kappa shape index (κ3) is 2.92. The third-order valence-corrected chi connectivity index (χ3v) is 9.29. The number of rotatable bonds is 4. The lowest BCUT2D eigenvalue weighted by Gasteiger charge is -2.61. The first kappa shape index (κ1) is 19.9. The summed E-state index contributed by atoms with van der Waals surface area (Å²) in [5, 5.41) is 14.4. The predicted molar refractivity (Wildman–Crippen MR) is 108 cm³/mol. The van der Waals surface area contributed by atoms with E-state index in [1.165, 1.54) is 6.20 Å². The molecule has 4 aliphatic rings. The van der Waals surface area contributed by atoms with Crippen molar-refractivity contribution in [1.82, 2.24) is 5.32 Å². The highest BCUT2D eigenvalue weighted by Gasteiger charge is 2.63. The highest BCUT2D eigenvalue weighted by Crippen LogP contribution is 2.67. The lowest BCUT2D eigenvalue weighted by atomic mass is 9.44. The maximum Gasteiger partial charge on any atom is 0.155 e. The number of nitrogens with one attached hydrogen (secondary N) is 1. The molecule has 0 radical (unpaired) electrons. The summed E-state index contributed by atoms with van der Waals surface area (Å²) in [5.74, 6) is 2.38. The maximum atomic E-state index is 12.9. The predicted octanol–water partition coefficient (Wildman–Crippen LogP) is 2.77. The second kappa shape index (κ2) is 7.16. The van der Waals surface area contributed by atoms with Gasteiger partial charge in [-0.05, 0) is 73.0 Å². The first-order valence-electron chi connectivity index (χ1n) is 11.1. The Hall–Kier alpha value is -1.36. The van der Waals surface area contributed by atoms with Gasteiger partial charge in [0.2, 0.25) is 0 Å². The molecule has 0 spiro atoms. The summed E-state index contributed by atoms with van der Waals surface area (Å²) in [6.45, 7) is 4.91. The van der Waals surface area contributed by atoms with Crippen molar-refractivity contribution in [3.05, 3.63) is 12.4 Å². The molecular formula is C23H36N2O3. The number of ketones is 2. The van der Waals surface area contributed by atoms with Crippen molar-refractivity contribution in [2.24, 2.45) is 46.2 Å². The number of Topliss-reactive ketones (excluding diaryl/α,β-unsaturated/α-hetero) is 2. The Bertz CT molecular complexity index is 677. The molecule has 0 aromatic carbocycles. The number of carbonyl (C=O) groups is 2. The first-order valence-corrected chi connectivity index (χ1v) is 11.1. The Kier molecular flexibility index (Phi) is 5.09. The minimum Gasteiger partial charge on any atom is -0.403 e. The zero-order valence-electron chi connectivity index (χ0n) is 17.3. The molecule has 0 aromatic rings. The molecule has 28 heavy (non-hydrogen) atoms. The van der Waals surface area contributed by atoms with Crippen LogP contribution in [0.15, 0.2) is 12.4 Å². The largest absolute Gasteiger partial charge is 0.403 e. The Morgan fingerprint density at radius 2 is 2.04 bits per heavy atom. The fraction of sp³-hybridized carbons (Fsp3) is 0.826. The van der Waals surface area contributed by atoms with Crippen LogP contribution in [0.25, 0.3) is 0 Å². The van der Waals surface area contributed by atoms with E-state index in [0.29, 0.717) is 42.9 Å². The fourth-order valence-electron chi connectivity index (χ4n) is 8.05. The second-order valence-electron chi connectivity index (χ2n) is 10.4. The number of carbonyl (C=O) groups excluding carboxylic acids is 2. The molecule has 0 bridgehead atoms. The number of hydrogen-bond donors (Lipinski definition) is 3. The van der Waals surface area contributed by atoms with Gasteiger partial charge in [-0.25, -0.2) is 0 Å². The quantitative estimate of drug-likeness (QED) is 0.689. The van der Waals surface area contributed by atoms with Crippen molar-refractivity contribution >= 4 is 11.6 Å². The van der Waals surface area contributed by atoms with Crippen LogP contribution >= 0.6 is 0 Å². The highest BCUT2D eigenvalue weighted by molar-refractivity contribution is 5.84. The molecule has 8 unspecified atom stereocenters. The number of aliphatic hydroxyl groups excluding tert-OH is 1. The molecule has 4 N–H and O–H groups in total. The van der Waals surface area contributed by atoms with E-state index < -0.39 is 0 Å². The van der Waals surface area contributed by atoms with Gasteiger partial charge in [-0.15, -0.1) is 0 Å². The lowest BCUT2D eigenvalue weighted by molar-refractivity contribution is -0.174. The number of hydrogen-bond acceptors (Lipinski definition) is 5. The molecule has 4 fully saturated rings. The lowest BCUT2D eigenvalue weighted by Crippen LogP contribution is -2.59. The van der Waals surface area contributed by atoms with E-state index in [1.54, 1.807) is 6.20 Å². The first-order chi connectivity index (χ1) is 13.3. The van der Waals surface area contributed by atoms with E-state index in [2.05, 4.69) is 19.2 Å². The van der Waals surface area contributed by atoms with Crippen LogP contribution in [-0.2, 0) is 9.59 Å². The summed E-state index contributed by atoms with van der Waals surface area (Å²) in [4.78, 5) is 25.0. The normalized spacial score (nSPS) is 48.0. The number of aliphatic hydroxyl groups is 1. The zero-order valence-corrected chi connectivity index (χ0v) is 17.3. The van der Waals surface area contributed by atoms with E-state index in [1.807, 2.05) is 0 Å². The molecule has 4 rings (SSSR count). The second-order valence-corrected chi connectivity index (χ2v) is 10.4. The summed E-state index contributed by atoms with van der Waals surface area (Å²) >= 11 is 0. The number of fused-ring (bicyclic) bond motifs is 5. The average Bonchev–Trinajstić information content (AvgIpc) is 2.98. The zero-order chi connectivity index (χ0) is 20.1. The van der Waals surface area contributed by atoms with Crippen molar-refractivity contribution in [1.29, 1.82) is 0 Å². The van der Waals surface area contributed by atoms with E-state index >= 15 is 0 Å². The van der Waals surface area contributed by atoms with Crippen LogP contribution in [-0.4, -0.2) is 29.3 Å². The summed E-state index contributed by atoms with van der Waals surface area (Å²) in [7, 11) is 0. The van der Waals surface area contributed by atoms with Crippen molar-refractivity contribution in [3.63, 3.8) is 0 Å². The van der Waals surface area contributed by atoms with Gasteiger partial charge >= 0.3 is 0 Å². The molecule has 5 nitrogen and oxygen atoms in total. The number of nitrogens with two attached hydrogens (primary N) is 1. The van der Waals surface area contributed by atoms with Crippen molar-refractivity contribution in [3.8, 4) is 0 Å². The minimum absolute atomic E-state index is 0.0187. The molecule has 4 aliphatic carbocycles. The van der Waals surface area contributed by atoms with Crippen LogP contribution in [0.4, 0.5) is 0 Å². The Labute approximate surface area is 168 Å². The molecule has 4 saturated carbocycles. The SMILES string of the molecule is CC12CC(O)C3C(CCC4CC(=O)CCC43C)C1CCC2C(=O)CN/C=C\N. The molecule has 0 aliphatic heterocycles. The van der Waals surface area contributed by atoms with E-state index in [-0.39, 0.29) is 34.6 Å². The summed E-state index contributed by atoms with van der Waals surface area (Å²) in [5.41, 5.74) is 5.32. The van der Waals surface area contributed by atoms with Gasteiger partial charge in [0.1, 0.15) is 5.78 Å². The van der Waals surface area contributed by atoms with Gasteiger partial charge in [0.15, 0.2) is 5.78 Å². The maximum absolute atomic E-state index is 12.9. The molecule has 5 heteroatoms. The van der Waals surface area contributed by atoms with Crippen molar-refractivity contribution < 1.29 is 14.7 Å². The van der Waals surface area contributed by atoms with Crippen molar-refractivity contribution in [2.75, 3.05) is 6.54 Å². The van der Waals surface area contributed by atoms with E-state index in [4.69, 9.17) is 5.73 Å². The van der Waals surface area contributed by atoms with Crippen LogP contribution < -0.4 is 11.1 Å². The van der Waals surface area contributed by atoms with Crippen molar-refractivity contribution in [2.45, 2.75) is 71.3 Å². The summed E-state index contributed by atoms with van der Waals surface area (Å²) in [6.07, 6.45) is 9.92. The highest BCUT2D eigenvalue weighted by atomic mass is 16.3. The van der Waals surface area contributed by atoms with E-state index in [9.17, 15) is 14.7 Å². The minimum atomic E-state index is -0.363. The molecule has 0 aromatic heterocycles. The fourth-order valence-corrected chi connectivity index (χ4v) is 8.05. The molecule has 8 atom stereocenters. The summed E-state index contributed by atoms with van der Waals surface area (Å²) < 4.78 is 0. The van der Waals surface area contributed by atoms with Crippen LogP contribution in [0, 0.1) is 40.4 Å². The molecule has 0 saturated heterocycles. The summed E-state index contributed by atoms with van der Waals surface area (Å²) in [6, 6.07) is 0. The smallest absolute Gasteiger partial charge is 0.155 e. The molecule has 0 heterocycles. The van der Waals surface area contributed by atoms with Gasteiger partial charge < -0.3 is 16.2 Å². The van der Waals surface area contributed by atoms with Crippen LogP contribution in [0.1, 0.15) is 65.2 Å². The molecule has 156 valence electrons. The van der Waals surface area contributed by atoms with Gasteiger partial charge in [-0.1, -0.05) is 13.8 Å². The van der Waals surface area contributed by atoms with Gasteiger partial charge in [0.05, 0.1) is 12.6 Å². The van der Waals surface area contributed by atoms with Gasteiger partial charge in [0, 0.05) is 31.2 Å². The van der Waals surface area contributed by atoms with Crippen LogP contribution in [0.2, 0.25) is 0 Å². The monoisotopic (exact) mass is 388 g/mol. The van der Waals surface area contributed by atoms with Crippen LogP contribution in [0.3, 0.4) is 0 Å². The van der Waals surface area contributed by atoms with Gasteiger partial charge in [-0.2, -0.15) is 0 Å². The Balaban J connectivity index is 1.57. The van der Waals surface area contributed by atoms with Crippen LogP contribution in [0.5, 0.6) is 0 Å². The van der Waals surface area contributed by atoms with Gasteiger partial charge in [0.25, 0.3) is 0 Å².